The summed E-state index contributed by atoms with van der Waals surface area (Å²) in [5.74, 6) is 0.430. The van der Waals surface area contributed by atoms with E-state index < -0.39 is 0 Å². The zero-order chi connectivity index (χ0) is 13.0. The van der Waals surface area contributed by atoms with Gasteiger partial charge in [-0.2, -0.15) is 0 Å². The van der Waals surface area contributed by atoms with Gasteiger partial charge in [0, 0.05) is 38.8 Å². The second-order valence-corrected chi connectivity index (χ2v) is 5.47. The maximum Gasteiger partial charge on any atom is 0.249 e. The van der Waals surface area contributed by atoms with E-state index in [-0.39, 0.29) is 12.0 Å². The monoisotopic (exact) mass is 255 g/mol. The van der Waals surface area contributed by atoms with Crippen molar-refractivity contribution in [2.75, 3.05) is 32.8 Å². The quantitative estimate of drug-likeness (QED) is 0.739. The van der Waals surface area contributed by atoms with Gasteiger partial charge >= 0.3 is 0 Å². The normalized spacial score (nSPS) is 30.6. The first kappa shape index (κ1) is 13.8. The van der Waals surface area contributed by atoms with Gasteiger partial charge in [-0.3, -0.25) is 4.79 Å². The smallest absolute Gasteiger partial charge is 0.249 e. The van der Waals surface area contributed by atoms with Gasteiger partial charge in [0.15, 0.2) is 0 Å². The van der Waals surface area contributed by atoms with Crippen molar-refractivity contribution in [2.24, 2.45) is 11.7 Å². The number of amides is 1. The van der Waals surface area contributed by atoms with E-state index in [0.717, 1.165) is 38.9 Å². The van der Waals surface area contributed by atoms with Crippen molar-refractivity contribution in [3.05, 3.63) is 0 Å². The highest BCUT2D eigenvalue weighted by Crippen LogP contribution is 2.20. The average molecular weight is 255 g/mol. The molecule has 0 radical (unpaired) electrons. The lowest BCUT2D eigenvalue weighted by molar-refractivity contribution is -0.132. The van der Waals surface area contributed by atoms with Crippen LogP contribution in [-0.2, 0) is 9.53 Å². The molecule has 0 aromatic carbocycles. The van der Waals surface area contributed by atoms with Gasteiger partial charge in [0.1, 0.15) is 6.10 Å². The van der Waals surface area contributed by atoms with Crippen LogP contribution in [0.4, 0.5) is 0 Å². The molecule has 2 aliphatic rings. The molecule has 0 spiro atoms. The van der Waals surface area contributed by atoms with E-state index in [9.17, 15) is 4.79 Å². The summed E-state index contributed by atoms with van der Waals surface area (Å²) >= 11 is 0. The molecule has 0 aliphatic carbocycles. The molecule has 2 atom stereocenters. The lowest BCUT2D eigenvalue weighted by atomic mass is 10.0. The van der Waals surface area contributed by atoms with Crippen LogP contribution in [-0.4, -0.2) is 55.7 Å². The Bertz CT molecular complexity index is 277. The second kappa shape index (κ2) is 6.50. The molecule has 0 bridgehead atoms. The third-order valence-corrected chi connectivity index (χ3v) is 4.03. The Morgan fingerprint density at radius 3 is 2.67 bits per heavy atom. The molecule has 0 aromatic heterocycles. The molecule has 104 valence electrons. The molecule has 18 heavy (non-hydrogen) atoms. The Labute approximate surface area is 109 Å². The van der Waals surface area contributed by atoms with Gasteiger partial charge in [-0.15, -0.1) is 0 Å². The summed E-state index contributed by atoms with van der Waals surface area (Å²) in [7, 11) is 0. The van der Waals surface area contributed by atoms with Crippen LogP contribution in [0.1, 0.15) is 26.2 Å². The molecular weight excluding hydrogens is 230 g/mol. The molecule has 3 N–H and O–H groups in total. The number of hydrogen-bond donors (Lipinski definition) is 2. The first-order valence-corrected chi connectivity index (χ1v) is 7.05. The molecule has 2 unspecified atom stereocenters. The summed E-state index contributed by atoms with van der Waals surface area (Å²) in [5.41, 5.74) is 5.54. The molecule has 2 aliphatic heterocycles. The van der Waals surface area contributed by atoms with E-state index in [1.807, 2.05) is 0 Å². The van der Waals surface area contributed by atoms with Crippen LogP contribution in [0.5, 0.6) is 0 Å². The Kier molecular flexibility index (Phi) is 4.97. The van der Waals surface area contributed by atoms with Crippen LogP contribution in [0, 0.1) is 5.92 Å². The average Bonchev–Trinajstić information content (AvgIpc) is 2.78. The summed E-state index contributed by atoms with van der Waals surface area (Å²) in [6.07, 6.45) is 2.80. The van der Waals surface area contributed by atoms with Crippen molar-refractivity contribution >= 4 is 5.91 Å². The number of rotatable bonds is 4. The number of nitrogens with zero attached hydrogens (tertiary/aromatic N) is 1. The first-order valence-electron chi connectivity index (χ1n) is 7.05. The Morgan fingerprint density at radius 2 is 2.11 bits per heavy atom. The lowest BCUT2D eigenvalue weighted by Gasteiger charge is -2.32. The van der Waals surface area contributed by atoms with Crippen molar-refractivity contribution in [3.63, 3.8) is 0 Å². The number of nitrogens with one attached hydrogen (secondary N) is 1. The van der Waals surface area contributed by atoms with E-state index in [1.165, 1.54) is 0 Å². The zero-order valence-corrected chi connectivity index (χ0v) is 11.2. The number of ether oxygens (including phenoxy) is 1. The van der Waals surface area contributed by atoms with Crippen LogP contribution in [0.2, 0.25) is 0 Å². The number of carbonyl (C=O) groups excluding carboxylic acids is 1. The van der Waals surface area contributed by atoms with Gasteiger partial charge in [-0.25, -0.2) is 0 Å². The van der Waals surface area contributed by atoms with Gasteiger partial charge in [-0.1, -0.05) is 6.92 Å². The highest BCUT2D eigenvalue weighted by atomic mass is 16.5. The highest BCUT2D eigenvalue weighted by Gasteiger charge is 2.32. The molecule has 5 nitrogen and oxygen atoms in total. The van der Waals surface area contributed by atoms with Crippen molar-refractivity contribution < 1.29 is 9.53 Å². The third-order valence-electron chi connectivity index (χ3n) is 4.03. The maximum absolute atomic E-state index is 12.1. The Balaban J connectivity index is 1.72. The van der Waals surface area contributed by atoms with Crippen LogP contribution in [0.25, 0.3) is 0 Å². The molecule has 2 heterocycles. The maximum atomic E-state index is 12.1. The van der Waals surface area contributed by atoms with Crippen LogP contribution in [0.3, 0.4) is 0 Å². The van der Waals surface area contributed by atoms with Gasteiger partial charge in [0.2, 0.25) is 5.91 Å². The number of nitrogens with two attached hydrogens (primary N) is 1. The van der Waals surface area contributed by atoms with Crippen molar-refractivity contribution in [2.45, 2.75) is 38.3 Å². The largest absolute Gasteiger partial charge is 0.368 e. The van der Waals surface area contributed by atoms with E-state index >= 15 is 0 Å². The van der Waals surface area contributed by atoms with E-state index in [4.69, 9.17) is 10.5 Å². The minimum Gasteiger partial charge on any atom is -0.368 e. The van der Waals surface area contributed by atoms with E-state index in [2.05, 4.69) is 17.1 Å². The van der Waals surface area contributed by atoms with Gasteiger partial charge in [-0.05, 0) is 25.2 Å². The van der Waals surface area contributed by atoms with Crippen molar-refractivity contribution in [1.82, 2.24) is 10.2 Å². The van der Waals surface area contributed by atoms with Crippen molar-refractivity contribution in [3.8, 4) is 0 Å². The molecule has 2 saturated heterocycles. The summed E-state index contributed by atoms with van der Waals surface area (Å²) in [6, 6.07) is 0.308. The lowest BCUT2D eigenvalue weighted by Crippen LogP contribution is -2.49. The van der Waals surface area contributed by atoms with Crippen LogP contribution in [0.15, 0.2) is 0 Å². The summed E-state index contributed by atoms with van der Waals surface area (Å²) in [6.45, 7) is 6.54. The van der Waals surface area contributed by atoms with Crippen molar-refractivity contribution in [1.29, 1.82) is 0 Å². The molecule has 2 fully saturated rings. The minimum absolute atomic E-state index is 0.0808. The molecule has 5 heteroatoms. The van der Waals surface area contributed by atoms with Gasteiger partial charge in [0.05, 0.1) is 0 Å². The fraction of sp³-hybridized carbons (Fsp3) is 0.923. The minimum atomic E-state index is -0.230. The predicted molar refractivity (Wildman–Crippen MR) is 70.2 cm³/mol. The third kappa shape index (κ3) is 3.43. The SMILES string of the molecule is CC1CCOC1C(=O)NC1CCN(CCN)CC1. The van der Waals surface area contributed by atoms with E-state index in [1.54, 1.807) is 0 Å². The number of likely N-dealkylation sites (tertiary alicyclic amines) is 1. The fourth-order valence-corrected chi connectivity index (χ4v) is 2.80. The molecule has 0 aromatic rings. The topological polar surface area (TPSA) is 67.6 Å². The molecule has 1 amide bonds. The fourth-order valence-electron chi connectivity index (χ4n) is 2.80. The Morgan fingerprint density at radius 1 is 1.39 bits per heavy atom. The number of carbonyl (C=O) groups is 1. The van der Waals surface area contributed by atoms with Gasteiger partial charge < -0.3 is 20.7 Å². The number of hydrogen-bond acceptors (Lipinski definition) is 4. The van der Waals surface area contributed by atoms with Crippen LogP contribution >= 0.6 is 0 Å². The standard InChI is InChI=1S/C13H25N3O2/c1-10-4-9-18-12(10)13(17)15-11-2-6-16(7-3-11)8-5-14/h10-12H,2-9,14H2,1H3,(H,15,17). The zero-order valence-electron chi connectivity index (χ0n) is 11.2. The predicted octanol–water partition coefficient (Wildman–Crippen LogP) is -0.0493. The molecule has 2 rings (SSSR count). The first-order chi connectivity index (χ1) is 8.70. The summed E-state index contributed by atoms with van der Waals surface area (Å²) in [5, 5.41) is 3.13. The summed E-state index contributed by atoms with van der Waals surface area (Å²) < 4.78 is 5.49. The number of piperidine rings is 1. The second-order valence-electron chi connectivity index (χ2n) is 5.47. The highest BCUT2D eigenvalue weighted by molar-refractivity contribution is 5.81. The molecular formula is C13H25N3O2. The van der Waals surface area contributed by atoms with E-state index in [0.29, 0.717) is 25.1 Å². The summed E-state index contributed by atoms with van der Waals surface area (Å²) in [4.78, 5) is 14.4. The van der Waals surface area contributed by atoms with Crippen LogP contribution < -0.4 is 11.1 Å². The van der Waals surface area contributed by atoms with Gasteiger partial charge in [0.25, 0.3) is 0 Å². The Hall–Kier alpha value is -0.650. The molecule has 0 saturated carbocycles.